The molecule has 2 aromatic rings. The van der Waals surface area contributed by atoms with Gasteiger partial charge in [0.2, 0.25) is 5.91 Å². The van der Waals surface area contributed by atoms with Crippen LogP contribution < -0.4 is 10.6 Å². The number of thiocarbonyl (C=S) groups is 1. The van der Waals surface area contributed by atoms with Gasteiger partial charge in [0.15, 0.2) is 5.11 Å². The minimum absolute atomic E-state index is 0.110. The van der Waals surface area contributed by atoms with E-state index in [0.717, 1.165) is 6.42 Å². The van der Waals surface area contributed by atoms with Crippen molar-refractivity contribution in [2.45, 2.75) is 33.3 Å². The Morgan fingerprint density at radius 3 is 2.68 bits per heavy atom. The molecule has 0 radical (unpaired) electrons. The number of hydrogen-bond acceptors (Lipinski definition) is 4. The quantitative estimate of drug-likeness (QED) is 0.650. The number of nitrogens with one attached hydrogen (secondary N) is 2. The summed E-state index contributed by atoms with van der Waals surface area (Å²) in [7, 11) is 0. The number of benzene rings is 1. The van der Waals surface area contributed by atoms with Crippen molar-refractivity contribution < 1.29 is 14.3 Å². The van der Waals surface area contributed by atoms with Crippen LogP contribution in [0.4, 0.5) is 5.69 Å². The van der Waals surface area contributed by atoms with Crippen LogP contribution in [0.25, 0.3) is 11.3 Å². The van der Waals surface area contributed by atoms with E-state index >= 15 is 0 Å². The highest BCUT2D eigenvalue weighted by atomic mass is 35.5. The first-order chi connectivity index (χ1) is 11.9. The van der Waals surface area contributed by atoms with Crippen molar-refractivity contribution in [3.63, 3.8) is 0 Å². The minimum atomic E-state index is -0.165. The summed E-state index contributed by atoms with van der Waals surface area (Å²) < 4.78 is 5.48. The Morgan fingerprint density at radius 1 is 1.32 bits per heavy atom. The molecule has 0 saturated carbocycles. The van der Waals surface area contributed by atoms with Crippen molar-refractivity contribution >= 4 is 40.5 Å². The molecule has 5 nitrogen and oxygen atoms in total. The highest BCUT2D eigenvalue weighted by Crippen LogP contribution is 2.31. The fraction of sp³-hybridized carbons (Fsp3) is 0.333. The maximum atomic E-state index is 11.8. The molecule has 3 N–H and O–H groups in total. The van der Waals surface area contributed by atoms with Gasteiger partial charge >= 0.3 is 0 Å². The monoisotopic (exact) mass is 380 g/mol. The average Bonchev–Trinajstić information content (AvgIpc) is 3.01. The van der Waals surface area contributed by atoms with Crippen LogP contribution in [0.5, 0.6) is 0 Å². The molecule has 0 spiro atoms. The van der Waals surface area contributed by atoms with Gasteiger partial charge in [-0.3, -0.25) is 4.79 Å². The highest BCUT2D eigenvalue weighted by Gasteiger charge is 2.11. The molecule has 0 aliphatic carbocycles. The van der Waals surface area contributed by atoms with Crippen LogP contribution in [-0.2, 0) is 11.4 Å². The number of rotatable bonds is 6. The van der Waals surface area contributed by atoms with Gasteiger partial charge in [0, 0.05) is 17.7 Å². The zero-order valence-corrected chi connectivity index (χ0v) is 15.7. The zero-order chi connectivity index (χ0) is 18.4. The number of carbonyl (C=O) groups excluding carboxylic acids is 1. The third-order valence-electron chi connectivity index (χ3n) is 3.51. The van der Waals surface area contributed by atoms with Crippen molar-refractivity contribution in [2.24, 2.45) is 5.92 Å². The Morgan fingerprint density at radius 2 is 2.08 bits per heavy atom. The molecule has 7 heteroatoms. The first-order valence-corrected chi connectivity index (χ1v) is 8.78. The molecule has 0 fully saturated rings. The molecule has 1 aromatic carbocycles. The van der Waals surface area contributed by atoms with Crippen molar-refractivity contribution in [3.8, 4) is 11.3 Å². The molecule has 2 rings (SSSR count). The molecule has 0 unspecified atom stereocenters. The van der Waals surface area contributed by atoms with Crippen molar-refractivity contribution in [3.05, 3.63) is 41.1 Å². The van der Waals surface area contributed by atoms with Crippen LogP contribution in [0.2, 0.25) is 5.02 Å². The standard InChI is InChI=1S/C18H21ClN2O3S/c1-11(2)3-8-17(23)21-18(25)20-12-4-6-14(15(19)9-12)16-7-5-13(10-22)24-16/h4-7,9,11,22H,3,8,10H2,1-2H3,(H2,20,21,23,25). The van der Waals surface area contributed by atoms with Crippen LogP contribution in [0.1, 0.15) is 32.4 Å². The second kappa shape index (κ2) is 8.99. The normalized spacial score (nSPS) is 10.8. The smallest absolute Gasteiger partial charge is 0.226 e. The molecule has 25 heavy (non-hydrogen) atoms. The Balaban J connectivity index is 1.98. The summed E-state index contributed by atoms with van der Waals surface area (Å²) in [5.74, 6) is 1.40. The van der Waals surface area contributed by atoms with Gasteiger partial charge in [0.05, 0.1) is 5.02 Å². The fourth-order valence-corrected chi connectivity index (χ4v) is 2.68. The number of furan rings is 1. The zero-order valence-electron chi connectivity index (χ0n) is 14.1. The molecule has 0 aliphatic heterocycles. The summed E-state index contributed by atoms with van der Waals surface area (Å²) in [6.45, 7) is 3.97. The predicted molar refractivity (Wildman–Crippen MR) is 104 cm³/mol. The molecule has 134 valence electrons. The van der Waals surface area contributed by atoms with Crippen molar-refractivity contribution in [1.29, 1.82) is 0 Å². The Kier molecular flexibility index (Phi) is 6.99. The first-order valence-electron chi connectivity index (χ1n) is 7.99. The largest absolute Gasteiger partial charge is 0.459 e. The van der Waals surface area contributed by atoms with Gasteiger partial charge in [0.25, 0.3) is 0 Å². The number of carbonyl (C=O) groups is 1. The summed E-state index contributed by atoms with van der Waals surface area (Å²) in [4.78, 5) is 11.8. The molecule has 0 aliphatic rings. The second-order valence-corrected chi connectivity index (χ2v) is 6.87. The Labute approximate surface area is 157 Å². The lowest BCUT2D eigenvalue weighted by Gasteiger charge is -2.11. The van der Waals surface area contributed by atoms with Gasteiger partial charge in [0.1, 0.15) is 18.1 Å². The molecule has 0 atom stereocenters. The molecule has 1 amide bonds. The van der Waals surface area contributed by atoms with Crippen LogP contribution in [0.15, 0.2) is 34.7 Å². The van der Waals surface area contributed by atoms with Gasteiger partial charge in [-0.25, -0.2) is 0 Å². The summed E-state index contributed by atoms with van der Waals surface area (Å²) in [6.07, 6.45) is 1.25. The number of aliphatic hydroxyl groups excluding tert-OH is 1. The topological polar surface area (TPSA) is 74.5 Å². The minimum Gasteiger partial charge on any atom is -0.459 e. The van der Waals surface area contributed by atoms with E-state index in [1.807, 2.05) is 0 Å². The van der Waals surface area contributed by atoms with E-state index < -0.39 is 0 Å². The van der Waals surface area contributed by atoms with E-state index in [-0.39, 0.29) is 17.6 Å². The van der Waals surface area contributed by atoms with Gasteiger partial charge in [-0.2, -0.15) is 0 Å². The Bertz CT molecular complexity index is 759. The van der Waals surface area contributed by atoms with E-state index in [9.17, 15) is 4.79 Å². The summed E-state index contributed by atoms with van der Waals surface area (Å²) in [6, 6.07) is 8.71. The van der Waals surface area contributed by atoms with Gasteiger partial charge in [-0.1, -0.05) is 25.4 Å². The molecular weight excluding hydrogens is 360 g/mol. The summed E-state index contributed by atoms with van der Waals surface area (Å²) in [5.41, 5.74) is 1.37. The van der Waals surface area contributed by atoms with E-state index in [4.69, 9.17) is 33.3 Å². The number of anilines is 1. The SMILES string of the molecule is CC(C)CCC(=O)NC(=S)Nc1ccc(-c2ccc(CO)o2)c(Cl)c1. The molecule has 0 saturated heterocycles. The number of halogens is 1. The maximum Gasteiger partial charge on any atom is 0.226 e. The maximum absolute atomic E-state index is 11.8. The predicted octanol–water partition coefficient (Wildman–Crippen LogP) is 4.34. The van der Waals surface area contributed by atoms with Crippen LogP contribution >= 0.6 is 23.8 Å². The average molecular weight is 381 g/mol. The summed E-state index contributed by atoms with van der Waals surface area (Å²) in [5, 5.41) is 15.4. The number of hydrogen-bond donors (Lipinski definition) is 3. The van der Waals surface area contributed by atoms with Crippen LogP contribution in [-0.4, -0.2) is 16.1 Å². The third kappa shape index (κ3) is 5.85. The second-order valence-electron chi connectivity index (χ2n) is 6.05. The number of amides is 1. The summed E-state index contributed by atoms with van der Waals surface area (Å²) >= 11 is 11.4. The molecule has 1 aromatic heterocycles. The first kappa shape index (κ1) is 19.4. The highest BCUT2D eigenvalue weighted by molar-refractivity contribution is 7.80. The molecule has 0 bridgehead atoms. The van der Waals surface area contributed by atoms with Gasteiger partial charge in [-0.05, 0) is 54.9 Å². The van der Waals surface area contributed by atoms with Crippen molar-refractivity contribution in [1.82, 2.24) is 5.32 Å². The molecule has 1 heterocycles. The number of aliphatic hydroxyl groups is 1. The molecular formula is C18H21ClN2O3S. The fourth-order valence-electron chi connectivity index (χ4n) is 2.17. The lowest BCUT2D eigenvalue weighted by molar-refractivity contribution is -0.119. The lowest BCUT2D eigenvalue weighted by Crippen LogP contribution is -2.34. The van der Waals surface area contributed by atoms with Crippen LogP contribution in [0.3, 0.4) is 0 Å². The van der Waals surface area contributed by atoms with Crippen molar-refractivity contribution in [2.75, 3.05) is 5.32 Å². The van der Waals surface area contributed by atoms with Gasteiger partial charge < -0.3 is 20.2 Å². The van der Waals surface area contributed by atoms with Crippen LogP contribution in [0, 0.1) is 5.92 Å². The van der Waals surface area contributed by atoms with E-state index in [0.29, 0.717) is 40.1 Å². The third-order valence-corrected chi connectivity index (χ3v) is 4.03. The lowest BCUT2D eigenvalue weighted by atomic mass is 10.1. The Hall–Kier alpha value is -1.89. The van der Waals surface area contributed by atoms with E-state index in [1.54, 1.807) is 30.3 Å². The van der Waals surface area contributed by atoms with E-state index in [1.165, 1.54) is 0 Å². The van der Waals surface area contributed by atoms with E-state index in [2.05, 4.69) is 24.5 Å². The van der Waals surface area contributed by atoms with Gasteiger partial charge in [-0.15, -0.1) is 0 Å².